The van der Waals surface area contributed by atoms with Crippen LogP contribution in [-0.2, 0) is 17.8 Å². The normalized spacial score (nSPS) is 17.6. The summed E-state index contributed by atoms with van der Waals surface area (Å²) in [6.45, 7) is 3.08. The third-order valence-electron chi connectivity index (χ3n) is 4.57. The van der Waals surface area contributed by atoms with Gasteiger partial charge in [-0.05, 0) is 43.9 Å². The van der Waals surface area contributed by atoms with Crippen molar-refractivity contribution in [2.45, 2.75) is 38.1 Å². The van der Waals surface area contributed by atoms with Gasteiger partial charge in [-0.15, -0.1) is 0 Å². The minimum Gasteiger partial charge on any atom is -0.354 e. The number of nitrogens with one attached hydrogen (secondary N) is 2. The van der Waals surface area contributed by atoms with E-state index in [1.54, 1.807) is 6.20 Å². The molecule has 1 aromatic carbocycles. The second-order valence-corrected chi connectivity index (χ2v) is 6.40. The molecule has 128 valence electrons. The molecule has 1 unspecified atom stereocenters. The topological polar surface area (TPSA) is 59.0 Å². The Balaban J connectivity index is 1.43. The van der Waals surface area contributed by atoms with Crippen molar-refractivity contribution in [1.82, 2.24) is 20.4 Å². The molecule has 2 heterocycles. The first-order valence-corrected chi connectivity index (χ1v) is 8.86. The van der Waals surface area contributed by atoms with Crippen LogP contribution in [0.5, 0.6) is 0 Å². The second-order valence-electron chi connectivity index (χ2n) is 6.40. The number of aromatic nitrogens is 2. The number of benzene rings is 1. The van der Waals surface area contributed by atoms with E-state index in [0.29, 0.717) is 19.0 Å². The maximum atomic E-state index is 12.2. The highest BCUT2D eigenvalue weighted by Gasteiger charge is 2.19. The Hall–Kier alpha value is -2.14. The van der Waals surface area contributed by atoms with E-state index in [2.05, 4.69) is 27.9 Å². The van der Waals surface area contributed by atoms with E-state index in [0.717, 1.165) is 32.4 Å². The Morgan fingerprint density at radius 1 is 1.29 bits per heavy atom. The molecule has 2 N–H and O–H groups in total. The zero-order valence-corrected chi connectivity index (χ0v) is 14.1. The molecule has 1 fully saturated rings. The predicted octanol–water partition coefficient (Wildman–Crippen LogP) is 2.10. The van der Waals surface area contributed by atoms with Crippen molar-refractivity contribution in [3.63, 3.8) is 0 Å². The molecule has 0 radical (unpaired) electrons. The highest BCUT2D eigenvalue weighted by molar-refractivity contribution is 5.75. The van der Waals surface area contributed by atoms with Gasteiger partial charge in [-0.1, -0.05) is 30.3 Å². The average molecular weight is 326 g/mol. The number of rotatable bonds is 7. The molecule has 1 atom stereocenters. The monoisotopic (exact) mass is 326 g/mol. The first kappa shape index (κ1) is 16.7. The molecular weight excluding hydrogens is 300 g/mol. The van der Waals surface area contributed by atoms with Crippen LogP contribution in [0.25, 0.3) is 0 Å². The van der Waals surface area contributed by atoms with Crippen molar-refractivity contribution < 1.29 is 4.79 Å². The molecule has 5 nitrogen and oxygen atoms in total. The Morgan fingerprint density at radius 3 is 2.96 bits per heavy atom. The van der Waals surface area contributed by atoms with E-state index in [-0.39, 0.29) is 5.91 Å². The summed E-state index contributed by atoms with van der Waals surface area (Å²) in [6.07, 6.45) is 6.09. The van der Waals surface area contributed by atoms with Crippen LogP contribution in [0.1, 0.15) is 36.4 Å². The van der Waals surface area contributed by atoms with Gasteiger partial charge < -0.3 is 10.6 Å². The summed E-state index contributed by atoms with van der Waals surface area (Å²) in [6, 6.07) is 12.4. The molecule has 0 spiro atoms. The van der Waals surface area contributed by atoms with Crippen molar-refractivity contribution in [1.29, 1.82) is 0 Å². The van der Waals surface area contributed by atoms with Crippen LogP contribution >= 0.6 is 0 Å². The molecule has 2 aromatic rings. The van der Waals surface area contributed by atoms with Gasteiger partial charge in [-0.2, -0.15) is 5.10 Å². The summed E-state index contributed by atoms with van der Waals surface area (Å²) < 4.78 is 1.85. The van der Waals surface area contributed by atoms with Crippen LogP contribution in [0.3, 0.4) is 0 Å². The third-order valence-corrected chi connectivity index (χ3v) is 4.57. The number of hydrogen-bond acceptors (Lipinski definition) is 3. The summed E-state index contributed by atoms with van der Waals surface area (Å²) in [7, 11) is 0. The Morgan fingerprint density at radius 2 is 2.17 bits per heavy atom. The number of amides is 1. The van der Waals surface area contributed by atoms with Crippen LogP contribution < -0.4 is 10.6 Å². The quantitative estimate of drug-likeness (QED) is 0.766. The maximum absolute atomic E-state index is 12.2. The van der Waals surface area contributed by atoms with Gasteiger partial charge in [0.2, 0.25) is 5.91 Å². The van der Waals surface area contributed by atoms with E-state index in [1.807, 2.05) is 28.9 Å². The smallest absolute Gasteiger partial charge is 0.241 e. The minimum atomic E-state index is 0.0387. The molecular formula is C19H26N4O. The lowest BCUT2D eigenvalue weighted by atomic mass is 9.96. The number of hydrogen-bond donors (Lipinski definition) is 2. The van der Waals surface area contributed by atoms with E-state index < -0.39 is 0 Å². The van der Waals surface area contributed by atoms with Crippen LogP contribution in [0.15, 0.2) is 42.6 Å². The van der Waals surface area contributed by atoms with Crippen molar-refractivity contribution in [3.8, 4) is 0 Å². The number of nitrogens with zero attached hydrogens (tertiary/aromatic N) is 2. The number of piperidine rings is 1. The van der Waals surface area contributed by atoms with E-state index in [4.69, 9.17) is 0 Å². The minimum absolute atomic E-state index is 0.0387. The summed E-state index contributed by atoms with van der Waals surface area (Å²) in [5.41, 5.74) is 2.48. The molecule has 0 saturated carbocycles. The Kier molecular flexibility index (Phi) is 6.01. The van der Waals surface area contributed by atoms with Gasteiger partial charge in [0, 0.05) is 30.9 Å². The average Bonchev–Trinajstić information content (AvgIpc) is 3.08. The van der Waals surface area contributed by atoms with Gasteiger partial charge in [0.1, 0.15) is 6.54 Å². The lowest BCUT2D eigenvalue weighted by molar-refractivity contribution is -0.121. The van der Waals surface area contributed by atoms with Crippen LogP contribution in [0.4, 0.5) is 0 Å². The first-order valence-electron chi connectivity index (χ1n) is 8.86. The third kappa shape index (κ3) is 4.68. The van der Waals surface area contributed by atoms with E-state index in [1.165, 1.54) is 17.7 Å². The molecule has 1 saturated heterocycles. The van der Waals surface area contributed by atoms with Crippen molar-refractivity contribution in [3.05, 3.63) is 53.9 Å². The molecule has 1 amide bonds. The zero-order valence-electron chi connectivity index (χ0n) is 14.1. The highest BCUT2D eigenvalue weighted by atomic mass is 16.2. The molecule has 1 aliphatic rings. The lowest BCUT2D eigenvalue weighted by Gasteiger charge is -2.23. The largest absolute Gasteiger partial charge is 0.354 e. The maximum Gasteiger partial charge on any atom is 0.241 e. The summed E-state index contributed by atoms with van der Waals surface area (Å²) >= 11 is 0. The summed E-state index contributed by atoms with van der Waals surface area (Å²) in [4.78, 5) is 12.2. The van der Waals surface area contributed by atoms with Crippen LogP contribution in [0.2, 0.25) is 0 Å². The van der Waals surface area contributed by atoms with E-state index in [9.17, 15) is 4.79 Å². The molecule has 24 heavy (non-hydrogen) atoms. The molecule has 0 bridgehead atoms. The summed E-state index contributed by atoms with van der Waals surface area (Å²) in [5, 5.41) is 10.8. The number of aryl methyl sites for hydroxylation is 1. The SMILES string of the molecule is O=C(Cn1nccc1C1CCCNC1)NCCCc1ccccc1. The van der Waals surface area contributed by atoms with Crippen molar-refractivity contribution in [2.24, 2.45) is 0 Å². The highest BCUT2D eigenvalue weighted by Crippen LogP contribution is 2.22. The van der Waals surface area contributed by atoms with Gasteiger partial charge >= 0.3 is 0 Å². The van der Waals surface area contributed by atoms with Gasteiger partial charge in [-0.3, -0.25) is 9.48 Å². The van der Waals surface area contributed by atoms with Gasteiger partial charge in [0.25, 0.3) is 0 Å². The second kappa shape index (κ2) is 8.64. The molecule has 3 rings (SSSR count). The van der Waals surface area contributed by atoms with Crippen LogP contribution in [-0.4, -0.2) is 35.3 Å². The lowest BCUT2D eigenvalue weighted by Crippen LogP contribution is -2.32. The fourth-order valence-corrected chi connectivity index (χ4v) is 3.28. The molecule has 1 aliphatic heterocycles. The van der Waals surface area contributed by atoms with Crippen molar-refractivity contribution >= 4 is 5.91 Å². The number of carbonyl (C=O) groups excluding carboxylic acids is 1. The molecule has 0 aliphatic carbocycles. The molecule has 5 heteroatoms. The van der Waals surface area contributed by atoms with E-state index >= 15 is 0 Å². The van der Waals surface area contributed by atoms with Crippen LogP contribution in [0, 0.1) is 0 Å². The fourth-order valence-electron chi connectivity index (χ4n) is 3.28. The standard InChI is InChI=1S/C19H26N4O/c24-19(21-12-4-8-16-6-2-1-3-7-16)15-23-18(10-13-22-23)17-9-5-11-20-14-17/h1-3,6-7,10,13,17,20H,4-5,8-9,11-12,14-15H2,(H,21,24). The Bertz CT molecular complexity index is 632. The summed E-state index contributed by atoms with van der Waals surface area (Å²) in [5.74, 6) is 0.504. The predicted molar refractivity (Wildman–Crippen MR) is 94.8 cm³/mol. The first-order chi connectivity index (χ1) is 11.8. The zero-order chi connectivity index (χ0) is 16.6. The van der Waals surface area contributed by atoms with Gasteiger partial charge in [0.05, 0.1) is 0 Å². The number of carbonyl (C=O) groups is 1. The fraction of sp³-hybridized carbons (Fsp3) is 0.474. The molecule has 1 aromatic heterocycles. The van der Waals surface area contributed by atoms with Crippen molar-refractivity contribution in [2.75, 3.05) is 19.6 Å². The van der Waals surface area contributed by atoms with Gasteiger partial charge in [0.15, 0.2) is 0 Å². The Labute approximate surface area is 143 Å². The van der Waals surface area contributed by atoms with Gasteiger partial charge in [-0.25, -0.2) is 0 Å².